The molecule has 0 bridgehead atoms. The molecule has 0 saturated carbocycles. The van der Waals surface area contributed by atoms with Gasteiger partial charge < -0.3 is 14.8 Å². The molecule has 0 fully saturated rings. The van der Waals surface area contributed by atoms with Crippen molar-refractivity contribution in [3.05, 3.63) is 59.5 Å². The normalized spacial score (nSPS) is 10.2. The van der Waals surface area contributed by atoms with Gasteiger partial charge in [0.05, 0.1) is 25.5 Å². The van der Waals surface area contributed by atoms with Crippen LogP contribution in [0.4, 0.5) is 10.8 Å². The van der Waals surface area contributed by atoms with Crippen LogP contribution in [0.3, 0.4) is 0 Å². The lowest BCUT2D eigenvalue weighted by Gasteiger charge is -2.05. The van der Waals surface area contributed by atoms with E-state index in [4.69, 9.17) is 9.47 Å². The van der Waals surface area contributed by atoms with Crippen LogP contribution in [-0.2, 0) is 4.74 Å². The number of methoxy groups -OCH3 is 2. The van der Waals surface area contributed by atoms with E-state index < -0.39 is 0 Å². The summed E-state index contributed by atoms with van der Waals surface area (Å²) in [7, 11) is 3.01. The molecule has 0 amide bonds. The highest BCUT2D eigenvalue weighted by Crippen LogP contribution is 2.28. The van der Waals surface area contributed by atoms with Crippen LogP contribution in [-0.4, -0.2) is 25.2 Å². The third-order valence-electron chi connectivity index (χ3n) is 3.42. The lowest BCUT2D eigenvalue weighted by atomic mass is 10.2. The number of ether oxygens (including phenoxy) is 2. The van der Waals surface area contributed by atoms with Crippen molar-refractivity contribution in [1.29, 1.82) is 0 Å². The Morgan fingerprint density at radius 2 is 1.92 bits per heavy atom. The number of anilines is 2. The summed E-state index contributed by atoms with van der Waals surface area (Å²) < 4.78 is 9.89. The number of benzene rings is 2. The molecule has 0 radical (unpaired) electrons. The average molecular weight is 340 g/mol. The SMILES string of the molecule is COC(=O)c1cccc(Nc2nc(-c3ccc(OC)cc3)cs2)c1. The third-order valence-corrected chi connectivity index (χ3v) is 4.18. The van der Waals surface area contributed by atoms with Crippen molar-refractivity contribution in [2.45, 2.75) is 0 Å². The van der Waals surface area contributed by atoms with Crippen LogP contribution < -0.4 is 10.1 Å². The summed E-state index contributed by atoms with van der Waals surface area (Å²) in [6.45, 7) is 0. The molecule has 1 N–H and O–H groups in total. The number of hydrogen-bond acceptors (Lipinski definition) is 6. The van der Waals surface area contributed by atoms with Gasteiger partial charge in [0.25, 0.3) is 0 Å². The minimum Gasteiger partial charge on any atom is -0.497 e. The van der Waals surface area contributed by atoms with E-state index in [1.54, 1.807) is 25.3 Å². The quantitative estimate of drug-likeness (QED) is 0.700. The Balaban J connectivity index is 1.77. The van der Waals surface area contributed by atoms with Gasteiger partial charge in [0.15, 0.2) is 5.13 Å². The summed E-state index contributed by atoms with van der Waals surface area (Å²) in [5.41, 5.74) is 3.18. The molecule has 0 spiro atoms. The van der Waals surface area contributed by atoms with Crippen molar-refractivity contribution in [2.75, 3.05) is 19.5 Å². The molecule has 3 rings (SSSR count). The standard InChI is InChI=1S/C18H16N2O3S/c1-22-15-8-6-12(7-9-15)16-11-24-18(20-16)19-14-5-3-4-13(10-14)17(21)23-2/h3-11H,1-2H3,(H,19,20). The molecule has 122 valence electrons. The van der Waals surface area contributed by atoms with Gasteiger partial charge >= 0.3 is 5.97 Å². The van der Waals surface area contributed by atoms with E-state index in [1.165, 1.54) is 18.4 Å². The van der Waals surface area contributed by atoms with Gasteiger partial charge in [-0.15, -0.1) is 11.3 Å². The number of nitrogens with one attached hydrogen (secondary N) is 1. The first-order chi connectivity index (χ1) is 11.7. The highest BCUT2D eigenvalue weighted by Gasteiger charge is 2.08. The Labute approximate surface area is 143 Å². The maximum Gasteiger partial charge on any atom is 0.337 e. The molecule has 1 aromatic heterocycles. The molecule has 0 aliphatic rings. The van der Waals surface area contributed by atoms with E-state index >= 15 is 0 Å². The zero-order valence-electron chi connectivity index (χ0n) is 13.3. The Morgan fingerprint density at radius 1 is 1.12 bits per heavy atom. The predicted octanol–water partition coefficient (Wildman–Crippen LogP) is 4.35. The van der Waals surface area contributed by atoms with Crippen molar-refractivity contribution in [1.82, 2.24) is 4.98 Å². The van der Waals surface area contributed by atoms with Crippen LogP contribution in [0, 0.1) is 0 Å². The average Bonchev–Trinajstić information content (AvgIpc) is 3.09. The van der Waals surface area contributed by atoms with Crippen LogP contribution in [0.25, 0.3) is 11.3 Å². The van der Waals surface area contributed by atoms with Gasteiger partial charge in [-0.25, -0.2) is 9.78 Å². The molecule has 24 heavy (non-hydrogen) atoms. The minimum atomic E-state index is -0.364. The van der Waals surface area contributed by atoms with Gasteiger partial charge in [-0.1, -0.05) is 6.07 Å². The van der Waals surface area contributed by atoms with Gasteiger partial charge in [-0.05, 0) is 42.5 Å². The van der Waals surface area contributed by atoms with Crippen LogP contribution in [0.15, 0.2) is 53.9 Å². The predicted molar refractivity (Wildman–Crippen MR) is 95.2 cm³/mol. The first kappa shape index (κ1) is 16.0. The molecule has 3 aromatic rings. The fourth-order valence-electron chi connectivity index (χ4n) is 2.19. The first-order valence-electron chi connectivity index (χ1n) is 7.25. The number of nitrogens with zero attached hydrogens (tertiary/aromatic N) is 1. The van der Waals surface area contributed by atoms with E-state index in [2.05, 4.69) is 10.3 Å². The summed E-state index contributed by atoms with van der Waals surface area (Å²) in [5.74, 6) is 0.448. The molecule has 0 aliphatic carbocycles. The molecule has 0 aliphatic heterocycles. The molecule has 0 unspecified atom stereocenters. The maximum atomic E-state index is 11.6. The lowest BCUT2D eigenvalue weighted by Crippen LogP contribution is -2.01. The molecule has 6 heteroatoms. The zero-order chi connectivity index (χ0) is 16.9. The molecular weight excluding hydrogens is 324 g/mol. The van der Waals surface area contributed by atoms with Crippen LogP contribution in [0.1, 0.15) is 10.4 Å². The highest BCUT2D eigenvalue weighted by atomic mass is 32.1. The molecular formula is C18H16N2O3S. The van der Waals surface area contributed by atoms with Crippen LogP contribution >= 0.6 is 11.3 Å². The van der Waals surface area contributed by atoms with Crippen molar-refractivity contribution in [3.63, 3.8) is 0 Å². The topological polar surface area (TPSA) is 60.5 Å². The summed E-state index contributed by atoms with van der Waals surface area (Å²) >= 11 is 1.50. The highest BCUT2D eigenvalue weighted by molar-refractivity contribution is 7.14. The summed E-state index contributed by atoms with van der Waals surface area (Å²) in [6.07, 6.45) is 0. The minimum absolute atomic E-state index is 0.364. The number of aromatic nitrogens is 1. The maximum absolute atomic E-state index is 11.6. The van der Waals surface area contributed by atoms with Crippen molar-refractivity contribution in [2.24, 2.45) is 0 Å². The Morgan fingerprint density at radius 3 is 2.62 bits per heavy atom. The fourth-order valence-corrected chi connectivity index (χ4v) is 2.93. The van der Waals surface area contributed by atoms with E-state index in [1.807, 2.05) is 35.7 Å². The Hall–Kier alpha value is -2.86. The van der Waals surface area contributed by atoms with E-state index in [-0.39, 0.29) is 5.97 Å². The summed E-state index contributed by atoms with van der Waals surface area (Å²) in [4.78, 5) is 16.2. The number of thiazole rings is 1. The third kappa shape index (κ3) is 3.55. The zero-order valence-corrected chi connectivity index (χ0v) is 14.1. The molecule has 5 nitrogen and oxygen atoms in total. The Bertz CT molecular complexity index is 843. The van der Waals surface area contributed by atoms with Gasteiger partial charge in [-0.3, -0.25) is 0 Å². The van der Waals surface area contributed by atoms with E-state index in [0.717, 1.165) is 27.8 Å². The van der Waals surface area contributed by atoms with E-state index in [9.17, 15) is 4.79 Å². The van der Waals surface area contributed by atoms with Gasteiger partial charge in [-0.2, -0.15) is 0 Å². The van der Waals surface area contributed by atoms with Crippen LogP contribution in [0.5, 0.6) is 5.75 Å². The molecule has 1 heterocycles. The number of esters is 1. The second-order valence-corrected chi connectivity index (χ2v) is 5.82. The van der Waals surface area contributed by atoms with Crippen molar-refractivity contribution >= 4 is 28.1 Å². The number of carbonyl (C=O) groups excluding carboxylic acids is 1. The van der Waals surface area contributed by atoms with Gasteiger partial charge in [0.1, 0.15) is 5.75 Å². The molecule has 0 saturated heterocycles. The smallest absolute Gasteiger partial charge is 0.337 e. The largest absolute Gasteiger partial charge is 0.497 e. The lowest BCUT2D eigenvalue weighted by molar-refractivity contribution is 0.0601. The number of hydrogen-bond donors (Lipinski definition) is 1. The van der Waals surface area contributed by atoms with Crippen molar-refractivity contribution in [3.8, 4) is 17.0 Å². The fraction of sp³-hybridized carbons (Fsp3) is 0.111. The summed E-state index contributed by atoms with van der Waals surface area (Å²) in [5, 5.41) is 5.94. The Kier molecular flexibility index (Phi) is 4.77. The second kappa shape index (κ2) is 7.14. The second-order valence-electron chi connectivity index (χ2n) is 4.96. The van der Waals surface area contributed by atoms with Gasteiger partial charge in [0, 0.05) is 16.6 Å². The van der Waals surface area contributed by atoms with Gasteiger partial charge in [0.2, 0.25) is 0 Å². The summed E-state index contributed by atoms with van der Waals surface area (Å²) in [6, 6.07) is 14.9. The monoisotopic (exact) mass is 340 g/mol. The number of carbonyl (C=O) groups is 1. The van der Waals surface area contributed by atoms with Crippen molar-refractivity contribution < 1.29 is 14.3 Å². The van der Waals surface area contributed by atoms with E-state index in [0.29, 0.717) is 5.56 Å². The number of rotatable bonds is 5. The molecule has 0 atom stereocenters. The molecule has 2 aromatic carbocycles. The first-order valence-corrected chi connectivity index (χ1v) is 8.13. The van der Waals surface area contributed by atoms with Crippen LogP contribution in [0.2, 0.25) is 0 Å².